The number of aliphatic hydroxyl groups is 1. The van der Waals surface area contributed by atoms with Gasteiger partial charge < -0.3 is 19.9 Å². The smallest absolute Gasteiger partial charge is 0.274 e. The molecule has 0 radical (unpaired) electrons. The van der Waals surface area contributed by atoms with E-state index in [9.17, 15) is 9.90 Å². The number of piperidine rings is 1. The van der Waals surface area contributed by atoms with Crippen molar-refractivity contribution >= 4 is 5.91 Å². The number of fused-ring (bicyclic) bond motifs is 1. The third-order valence-electron chi connectivity index (χ3n) is 6.19. The van der Waals surface area contributed by atoms with Crippen molar-refractivity contribution in [3.05, 3.63) is 53.6 Å². The Morgan fingerprint density at radius 2 is 2.08 bits per heavy atom. The van der Waals surface area contributed by atoms with Gasteiger partial charge in [0, 0.05) is 31.9 Å². The van der Waals surface area contributed by atoms with Crippen LogP contribution in [-0.4, -0.2) is 50.2 Å². The molecule has 0 unspecified atom stereocenters. The Morgan fingerprint density at radius 1 is 1.27 bits per heavy atom. The summed E-state index contributed by atoms with van der Waals surface area (Å²) in [5.41, 5.74) is 2.75. The van der Waals surface area contributed by atoms with Crippen molar-refractivity contribution in [3.8, 4) is 0 Å². The van der Waals surface area contributed by atoms with Gasteiger partial charge in [0.1, 0.15) is 5.69 Å². The van der Waals surface area contributed by atoms with Crippen molar-refractivity contribution in [1.82, 2.24) is 19.8 Å². The summed E-state index contributed by atoms with van der Waals surface area (Å²) in [7, 11) is 0. The van der Waals surface area contributed by atoms with E-state index in [0.717, 1.165) is 19.4 Å². The van der Waals surface area contributed by atoms with Gasteiger partial charge in [0.15, 0.2) is 0 Å². The maximum absolute atomic E-state index is 12.8. The van der Waals surface area contributed by atoms with Crippen LogP contribution < -0.4 is 5.32 Å². The van der Waals surface area contributed by atoms with Crippen molar-refractivity contribution in [1.29, 1.82) is 0 Å². The molecule has 1 spiro atoms. The topological polar surface area (TPSA) is 70.4 Å². The molecule has 5 rings (SSSR count). The molecule has 136 valence electrons. The minimum atomic E-state index is -0.584. The van der Waals surface area contributed by atoms with E-state index >= 15 is 0 Å². The van der Waals surface area contributed by atoms with E-state index in [-0.39, 0.29) is 11.4 Å². The number of benzene rings is 1. The SMILES string of the molecule is O=C(c1cn(C2CC2)cn1)N1CC[C@]2(Cc3ccccc3CN2)[C@H](O)C1. The molecule has 2 fully saturated rings. The normalized spacial score (nSPS) is 28.2. The number of imidazole rings is 1. The zero-order chi connectivity index (χ0) is 17.7. The molecular weight excluding hydrogens is 328 g/mol. The fourth-order valence-corrected chi connectivity index (χ4v) is 4.33. The van der Waals surface area contributed by atoms with Crippen LogP contribution in [0, 0.1) is 0 Å². The van der Waals surface area contributed by atoms with Crippen LogP contribution >= 0.6 is 0 Å². The highest BCUT2D eigenvalue weighted by Crippen LogP contribution is 2.35. The molecule has 6 heteroatoms. The van der Waals surface area contributed by atoms with Crippen LogP contribution in [-0.2, 0) is 13.0 Å². The first-order valence-electron chi connectivity index (χ1n) is 9.47. The fraction of sp³-hybridized carbons (Fsp3) is 0.500. The van der Waals surface area contributed by atoms with E-state index in [1.807, 2.05) is 10.8 Å². The van der Waals surface area contributed by atoms with E-state index < -0.39 is 6.10 Å². The Morgan fingerprint density at radius 3 is 2.85 bits per heavy atom. The summed E-state index contributed by atoms with van der Waals surface area (Å²) in [5, 5.41) is 14.5. The van der Waals surface area contributed by atoms with Gasteiger partial charge >= 0.3 is 0 Å². The van der Waals surface area contributed by atoms with Crippen molar-refractivity contribution < 1.29 is 9.90 Å². The summed E-state index contributed by atoms with van der Waals surface area (Å²) >= 11 is 0. The minimum Gasteiger partial charge on any atom is -0.389 e. The first-order valence-corrected chi connectivity index (χ1v) is 9.47. The van der Waals surface area contributed by atoms with Crippen molar-refractivity contribution in [2.75, 3.05) is 13.1 Å². The summed E-state index contributed by atoms with van der Waals surface area (Å²) in [6.45, 7) is 1.76. The number of aliphatic hydroxyl groups excluding tert-OH is 1. The van der Waals surface area contributed by atoms with Crippen LogP contribution in [0.4, 0.5) is 0 Å². The first kappa shape index (κ1) is 16.0. The molecular formula is C20H24N4O2. The number of likely N-dealkylation sites (tertiary alicyclic amines) is 1. The molecule has 2 N–H and O–H groups in total. The van der Waals surface area contributed by atoms with E-state index in [4.69, 9.17) is 0 Å². The number of aromatic nitrogens is 2. The summed E-state index contributed by atoms with van der Waals surface area (Å²) in [6, 6.07) is 8.91. The molecule has 6 nitrogen and oxygen atoms in total. The molecule has 1 aromatic carbocycles. The fourth-order valence-electron chi connectivity index (χ4n) is 4.33. The number of hydrogen-bond acceptors (Lipinski definition) is 4. The number of rotatable bonds is 2. The maximum atomic E-state index is 12.8. The predicted octanol–water partition coefficient (Wildman–Crippen LogP) is 1.51. The van der Waals surface area contributed by atoms with Gasteiger partial charge in [-0.15, -0.1) is 0 Å². The monoisotopic (exact) mass is 352 g/mol. The average Bonchev–Trinajstić information content (AvgIpc) is 3.40. The van der Waals surface area contributed by atoms with Gasteiger partial charge in [-0.25, -0.2) is 4.98 Å². The summed E-state index contributed by atoms with van der Waals surface area (Å²) in [4.78, 5) is 18.8. The molecule has 2 aromatic rings. The number of carbonyl (C=O) groups is 1. The lowest BCUT2D eigenvalue weighted by Crippen LogP contribution is -2.65. The van der Waals surface area contributed by atoms with E-state index in [1.54, 1.807) is 11.2 Å². The zero-order valence-corrected chi connectivity index (χ0v) is 14.8. The van der Waals surface area contributed by atoms with Crippen molar-refractivity contribution in [2.24, 2.45) is 0 Å². The Kier molecular flexibility index (Phi) is 3.65. The highest BCUT2D eigenvalue weighted by molar-refractivity contribution is 5.92. The zero-order valence-electron chi connectivity index (χ0n) is 14.8. The van der Waals surface area contributed by atoms with Gasteiger partial charge in [0.25, 0.3) is 5.91 Å². The van der Waals surface area contributed by atoms with Gasteiger partial charge in [0.2, 0.25) is 0 Å². The molecule has 2 aliphatic heterocycles. The molecule has 1 aromatic heterocycles. The quantitative estimate of drug-likeness (QED) is 0.860. The molecule has 1 aliphatic carbocycles. The number of nitrogens with zero attached hydrogens (tertiary/aromatic N) is 3. The highest BCUT2D eigenvalue weighted by Gasteiger charge is 2.45. The first-order chi connectivity index (χ1) is 12.6. The summed E-state index contributed by atoms with van der Waals surface area (Å²) in [5.74, 6) is -0.0745. The molecule has 3 aliphatic rings. The van der Waals surface area contributed by atoms with Gasteiger partial charge in [0.05, 0.1) is 18.0 Å². The maximum Gasteiger partial charge on any atom is 0.274 e. The molecule has 26 heavy (non-hydrogen) atoms. The Bertz CT molecular complexity index is 844. The third-order valence-corrected chi connectivity index (χ3v) is 6.19. The van der Waals surface area contributed by atoms with Crippen LogP contribution in [0.25, 0.3) is 0 Å². The van der Waals surface area contributed by atoms with Crippen LogP contribution in [0.2, 0.25) is 0 Å². The van der Waals surface area contributed by atoms with Crippen molar-refractivity contribution in [3.63, 3.8) is 0 Å². The third kappa shape index (κ3) is 2.64. The van der Waals surface area contributed by atoms with Crippen molar-refractivity contribution in [2.45, 2.75) is 49.9 Å². The van der Waals surface area contributed by atoms with Crippen LogP contribution in [0.5, 0.6) is 0 Å². The lowest BCUT2D eigenvalue weighted by Gasteiger charge is -2.48. The Labute approximate surface area is 152 Å². The molecule has 1 saturated carbocycles. The number of amides is 1. The number of carbonyl (C=O) groups excluding carboxylic acids is 1. The van der Waals surface area contributed by atoms with Crippen LogP contribution in [0.15, 0.2) is 36.8 Å². The van der Waals surface area contributed by atoms with Crippen LogP contribution in [0.1, 0.15) is 46.9 Å². The lowest BCUT2D eigenvalue weighted by atomic mass is 9.76. The molecule has 1 amide bonds. The highest BCUT2D eigenvalue weighted by atomic mass is 16.3. The van der Waals surface area contributed by atoms with E-state index in [1.165, 1.54) is 24.0 Å². The number of nitrogens with one attached hydrogen (secondary N) is 1. The second kappa shape index (κ2) is 5.93. The average molecular weight is 352 g/mol. The summed E-state index contributed by atoms with van der Waals surface area (Å²) < 4.78 is 2.04. The van der Waals surface area contributed by atoms with Crippen LogP contribution in [0.3, 0.4) is 0 Å². The van der Waals surface area contributed by atoms with E-state index in [2.05, 4.69) is 34.6 Å². The van der Waals surface area contributed by atoms with Gasteiger partial charge in [-0.3, -0.25) is 4.79 Å². The summed E-state index contributed by atoms with van der Waals surface area (Å²) in [6.07, 6.45) is 6.92. The predicted molar refractivity (Wildman–Crippen MR) is 96.7 cm³/mol. The van der Waals surface area contributed by atoms with Gasteiger partial charge in [-0.2, -0.15) is 0 Å². The second-order valence-electron chi connectivity index (χ2n) is 7.91. The lowest BCUT2D eigenvalue weighted by molar-refractivity contribution is -0.0140. The molecule has 0 bridgehead atoms. The Hall–Kier alpha value is -2.18. The Balaban J connectivity index is 1.30. The van der Waals surface area contributed by atoms with E-state index in [0.29, 0.717) is 24.8 Å². The molecule has 3 heterocycles. The molecule has 1 saturated heterocycles. The minimum absolute atomic E-state index is 0.0745. The number of hydrogen-bond donors (Lipinski definition) is 2. The molecule has 2 atom stereocenters. The standard InChI is InChI=1S/C20H24N4O2/c25-18-12-23(19(26)17-11-24(13-21-17)16-5-6-16)8-7-20(18)9-14-3-1-2-4-15(14)10-22-20/h1-4,11,13,16,18,22,25H,5-10,12H2/t18-,20+/m1/s1. The van der Waals surface area contributed by atoms with Gasteiger partial charge in [-0.1, -0.05) is 24.3 Å². The largest absolute Gasteiger partial charge is 0.389 e. The number of β-amino-alcohol motifs (C(OH)–C–C–N with tert-alkyl or cyclic N) is 1. The second-order valence-corrected chi connectivity index (χ2v) is 7.91. The van der Waals surface area contributed by atoms with Gasteiger partial charge in [-0.05, 0) is 36.8 Å².